The Morgan fingerprint density at radius 3 is 2.79 bits per heavy atom. The molecule has 78 valence electrons. The first-order chi connectivity index (χ1) is 6.74. The smallest absolute Gasteiger partial charge is 0.321 e. The Morgan fingerprint density at radius 2 is 2.21 bits per heavy atom. The Bertz CT molecular complexity index is 243. The highest BCUT2D eigenvalue weighted by Crippen LogP contribution is 2.17. The van der Waals surface area contributed by atoms with E-state index in [1.807, 2.05) is 6.08 Å². The van der Waals surface area contributed by atoms with Crippen molar-refractivity contribution in [3.05, 3.63) is 12.2 Å². The predicted octanol–water partition coefficient (Wildman–Crippen LogP) is 2.21. The summed E-state index contributed by atoms with van der Waals surface area (Å²) in [7, 11) is 0. The monoisotopic (exact) mass is 196 g/mol. The third-order valence-electron chi connectivity index (χ3n) is 2.25. The van der Waals surface area contributed by atoms with Crippen molar-refractivity contribution in [1.82, 2.24) is 0 Å². The first-order valence-electron chi connectivity index (χ1n) is 5.15. The molecular formula is C11H16O3. The van der Waals surface area contributed by atoms with Crippen LogP contribution in [0.15, 0.2) is 12.2 Å². The molecule has 1 atom stereocenters. The number of unbranched alkanes of at least 4 members (excludes halogenated alkanes) is 3. The van der Waals surface area contributed by atoms with Gasteiger partial charge < -0.3 is 4.74 Å². The number of hydrogen-bond acceptors (Lipinski definition) is 3. The van der Waals surface area contributed by atoms with Gasteiger partial charge in [-0.2, -0.15) is 0 Å². The number of allylic oxidation sites excluding steroid dienone is 1. The summed E-state index contributed by atoms with van der Waals surface area (Å²) in [5.74, 6) is -1.14. The maximum Gasteiger partial charge on any atom is 0.321 e. The Kier molecular flexibility index (Phi) is 4.36. The zero-order valence-corrected chi connectivity index (χ0v) is 8.49. The van der Waals surface area contributed by atoms with Crippen molar-refractivity contribution in [3.8, 4) is 0 Å². The fourth-order valence-corrected chi connectivity index (χ4v) is 1.41. The number of ether oxygens (including phenoxy) is 1. The van der Waals surface area contributed by atoms with E-state index in [1.165, 1.54) is 12.8 Å². The molecule has 14 heavy (non-hydrogen) atoms. The van der Waals surface area contributed by atoms with Gasteiger partial charge >= 0.3 is 11.9 Å². The molecule has 0 aromatic carbocycles. The number of cyclic esters (lactones) is 2. The summed E-state index contributed by atoms with van der Waals surface area (Å²) in [6.45, 7) is 2.15. The molecule has 3 heteroatoms. The molecule has 3 nitrogen and oxygen atoms in total. The number of carbonyl (C=O) groups is 2. The van der Waals surface area contributed by atoms with Crippen molar-refractivity contribution in [1.29, 1.82) is 0 Å². The highest BCUT2D eigenvalue weighted by atomic mass is 16.6. The quantitative estimate of drug-likeness (QED) is 0.293. The Morgan fingerprint density at radius 1 is 1.43 bits per heavy atom. The molecule has 1 aliphatic rings. The SMILES string of the molecule is CCCCC/C=C\C1CC(=O)OC1=O. The predicted molar refractivity (Wildman–Crippen MR) is 52.5 cm³/mol. The Balaban J connectivity index is 2.23. The van der Waals surface area contributed by atoms with Gasteiger partial charge in [-0.3, -0.25) is 9.59 Å². The van der Waals surface area contributed by atoms with Crippen LogP contribution in [0.1, 0.15) is 39.0 Å². The van der Waals surface area contributed by atoms with E-state index >= 15 is 0 Å². The average Bonchev–Trinajstić information content (AvgIpc) is 2.45. The summed E-state index contributed by atoms with van der Waals surface area (Å²) in [5, 5.41) is 0. The minimum Gasteiger partial charge on any atom is -0.393 e. The molecular weight excluding hydrogens is 180 g/mol. The molecule has 0 N–H and O–H groups in total. The number of rotatable bonds is 5. The number of hydrogen-bond donors (Lipinski definition) is 0. The lowest BCUT2D eigenvalue weighted by Crippen LogP contribution is -2.03. The second-order valence-corrected chi connectivity index (χ2v) is 3.53. The van der Waals surface area contributed by atoms with Gasteiger partial charge in [-0.1, -0.05) is 31.9 Å². The van der Waals surface area contributed by atoms with E-state index in [0.717, 1.165) is 12.8 Å². The molecule has 1 heterocycles. The van der Waals surface area contributed by atoms with Crippen molar-refractivity contribution in [2.75, 3.05) is 0 Å². The van der Waals surface area contributed by atoms with E-state index in [2.05, 4.69) is 11.7 Å². The van der Waals surface area contributed by atoms with E-state index < -0.39 is 11.9 Å². The van der Waals surface area contributed by atoms with Crippen molar-refractivity contribution < 1.29 is 14.3 Å². The van der Waals surface area contributed by atoms with Gasteiger partial charge in [-0.05, 0) is 12.8 Å². The molecule has 1 rings (SSSR count). The zero-order valence-electron chi connectivity index (χ0n) is 8.49. The minimum absolute atomic E-state index is 0.211. The van der Waals surface area contributed by atoms with Crippen molar-refractivity contribution in [2.45, 2.75) is 39.0 Å². The standard InChI is InChI=1S/C11H16O3/c1-2-3-4-5-6-7-9-8-10(12)14-11(9)13/h6-7,9H,2-5,8H2,1H3/b7-6-. The van der Waals surface area contributed by atoms with E-state index in [9.17, 15) is 9.59 Å². The molecule has 0 bridgehead atoms. The first kappa shape index (κ1) is 11.0. The highest BCUT2D eigenvalue weighted by molar-refractivity contribution is 5.95. The van der Waals surface area contributed by atoms with Crippen LogP contribution < -0.4 is 0 Å². The second-order valence-electron chi connectivity index (χ2n) is 3.53. The van der Waals surface area contributed by atoms with Crippen LogP contribution in [0, 0.1) is 5.92 Å². The van der Waals surface area contributed by atoms with Gasteiger partial charge in [0.1, 0.15) is 0 Å². The van der Waals surface area contributed by atoms with E-state index in [1.54, 1.807) is 6.08 Å². The summed E-state index contributed by atoms with van der Waals surface area (Å²) in [5.41, 5.74) is 0. The van der Waals surface area contributed by atoms with Crippen LogP contribution in [0.3, 0.4) is 0 Å². The summed E-state index contributed by atoms with van der Waals surface area (Å²) in [6, 6.07) is 0. The van der Waals surface area contributed by atoms with Gasteiger partial charge in [0.05, 0.1) is 12.3 Å². The lowest BCUT2D eigenvalue weighted by atomic mass is 10.1. The fourth-order valence-electron chi connectivity index (χ4n) is 1.41. The Hall–Kier alpha value is -1.12. The largest absolute Gasteiger partial charge is 0.393 e. The molecule has 1 saturated heterocycles. The maximum atomic E-state index is 11.0. The molecule has 0 aliphatic carbocycles. The van der Waals surface area contributed by atoms with Gasteiger partial charge in [-0.15, -0.1) is 0 Å². The van der Waals surface area contributed by atoms with E-state index in [0.29, 0.717) is 0 Å². The van der Waals surface area contributed by atoms with Gasteiger partial charge in [0, 0.05) is 0 Å². The molecule has 1 unspecified atom stereocenters. The van der Waals surface area contributed by atoms with E-state index in [-0.39, 0.29) is 12.3 Å². The topological polar surface area (TPSA) is 43.4 Å². The molecule has 0 spiro atoms. The molecule has 1 aliphatic heterocycles. The van der Waals surface area contributed by atoms with Gasteiger partial charge in [0.2, 0.25) is 0 Å². The summed E-state index contributed by atoms with van der Waals surface area (Å²) < 4.78 is 4.42. The van der Waals surface area contributed by atoms with Crippen LogP contribution in [0.5, 0.6) is 0 Å². The first-order valence-corrected chi connectivity index (χ1v) is 5.15. The van der Waals surface area contributed by atoms with E-state index in [4.69, 9.17) is 0 Å². The number of esters is 2. The van der Waals surface area contributed by atoms with Gasteiger partial charge in [0.25, 0.3) is 0 Å². The van der Waals surface area contributed by atoms with Crippen LogP contribution in [0.25, 0.3) is 0 Å². The van der Waals surface area contributed by atoms with Crippen LogP contribution in [0.2, 0.25) is 0 Å². The molecule has 0 aromatic rings. The number of carbonyl (C=O) groups excluding carboxylic acids is 2. The summed E-state index contributed by atoms with van der Waals surface area (Å²) in [4.78, 5) is 21.7. The fraction of sp³-hybridized carbons (Fsp3) is 0.636. The van der Waals surface area contributed by atoms with Gasteiger partial charge in [0.15, 0.2) is 0 Å². The van der Waals surface area contributed by atoms with Crippen molar-refractivity contribution in [2.24, 2.45) is 5.92 Å². The summed E-state index contributed by atoms with van der Waals surface area (Å²) >= 11 is 0. The average molecular weight is 196 g/mol. The molecule has 0 radical (unpaired) electrons. The minimum atomic E-state index is -0.404. The van der Waals surface area contributed by atoms with Crippen LogP contribution in [-0.4, -0.2) is 11.9 Å². The van der Waals surface area contributed by atoms with Crippen LogP contribution in [0.4, 0.5) is 0 Å². The van der Waals surface area contributed by atoms with Crippen molar-refractivity contribution >= 4 is 11.9 Å². The maximum absolute atomic E-state index is 11.0. The highest BCUT2D eigenvalue weighted by Gasteiger charge is 2.30. The summed E-state index contributed by atoms with van der Waals surface area (Å²) in [6.07, 6.45) is 8.50. The lowest BCUT2D eigenvalue weighted by molar-refractivity contribution is -0.152. The third kappa shape index (κ3) is 3.32. The van der Waals surface area contributed by atoms with Crippen LogP contribution in [-0.2, 0) is 14.3 Å². The van der Waals surface area contributed by atoms with Gasteiger partial charge in [-0.25, -0.2) is 0 Å². The van der Waals surface area contributed by atoms with Crippen LogP contribution >= 0.6 is 0 Å². The molecule has 0 saturated carbocycles. The third-order valence-corrected chi connectivity index (χ3v) is 2.25. The van der Waals surface area contributed by atoms with Crippen molar-refractivity contribution in [3.63, 3.8) is 0 Å². The zero-order chi connectivity index (χ0) is 10.4. The Labute approximate surface area is 84.1 Å². The molecule has 0 amide bonds. The molecule has 1 fully saturated rings. The molecule has 0 aromatic heterocycles. The normalized spacial score (nSPS) is 21.9. The second kappa shape index (κ2) is 5.58. The lowest BCUT2D eigenvalue weighted by Gasteiger charge is -1.95.